The van der Waals surface area contributed by atoms with Gasteiger partial charge in [-0.1, -0.05) is 26.0 Å². The van der Waals surface area contributed by atoms with Gasteiger partial charge in [0, 0.05) is 7.11 Å². The van der Waals surface area contributed by atoms with Gasteiger partial charge in [0.2, 0.25) is 0 Å². The maximum atomic E-state index is 12.6. The predicted molar refractivity (Wildman–Crippen MR) is 133 cm³/mol. The molecule has 0 fully saturated rings. The van der Waals surface area contributed by atoms with Gasteiger partial charge in [0.25, 0.3) is 0 Å². The van der Waals surface area contributed by atoms with Gasteiger partial charge in [0.05, 0.1) is 26.0 Å². The summed E-state index contributed by atoms with van der Waals surface area (Å²) in [6.45, 7) is 13.4. The Morgan fingerprint density at radius 1 is 0.939 bits per heavy atom. The van der Waals surface area contributed by atoms with Gasteiger partial charge in [-0.3, -0.25) is 4.57 Å². The van der Waals surface area contributed by atoms with E-state index < -0.39 is 7.60 Å². The Morgan fingerprint density at radius 2 is 1.58 bits per heavy atom. The first-order valence-corrected chi connectivity index (χ1v) is 13.3. The number of hydrogen-bond donors (Lipinski definition) is 0. The molecule has 0 aliphatic carbocycles. The third kappa shape index (κ3) is 8.15. The molecule has 6 nitrogen and oxygen atoms in total. The third-order valence-corrected chi connectivity index (χ3v) is 7.40. The van der Waals surface area contributed by atoms with E-state index in [-0.39, 0.29) is 19.6 Å². The zero-order valence-electron chi connectivity index (χ0n) is 21.1. The fourth-order valence-electron chi connectivity index (χ4n) is 3.77. The van der Waals surface area contributed by atoms with Crippen molar-refractivity contribution in [2.45, 2.75) is 53.9 Å². The second kappa shape index (κ2) is 13.1. The van der Waals surface area contributed by atoms with Crippen LogP contribution in [-0.4, -0.2) is 39.9 Å². The minimum atomic E-state index is -3.10. The van der Waals surface area contributed by atoms with E-state index in [1.165, 1.54) is 16.7 Å². The number of aryl methyl sites for hydroxylation is 2. The molecule has 2 aromatic carbocycles. The van der Waals surface area contributed by atoms with Gasteiger partial charge in [-0.25, -0.2) is 0 Å². The molecule has 0 atom stereocenters. The quantitative estimate of drug-likeness (QED) is 0.224. The Morgan fingerprint density at radius 3 is 2.12 bits per heavy atom. The summed E-state index contributed by atoms with van der Waals surface area (Å²) in [5.74, 6) is 1.97. The Kier molecular flexibility index (Phi) is 10.9. The predicted octanol–water partition coefficient (Wildman–Crippen LogP) is 6.65. The summed E-state index contributed by atoms with van der Waals surface area (Å²) >= 11 is 0. The van der Waals surface area contributed by atoms with Crippen molar-refractivity contribution in [2.75, 3.05) is 39.9 Å². The molecular formula is C26H39O6P. The fraction of sp³-hybridized carbons (Fsp3) is 0.538. The molecule has 0 aliphatic heterocycles. The van der Waals surface area contributed by atoms with Crippen LogP contribution >= 0.6 is 7.60 Å². The molecule has 0 radical (unpaired) electrons. The van der Waals surface area contributed by atoms with Crippen LogP contribution in [0.15, 0.2) is 30.3 Å². The summed E-state index contributed by atoms with van der Waals surface area (Å²) in [7, 11) is -1.48. The lowest BCUT2D eigenvalue weighted by molar-refractivity contribution is 0.0502. The van der Waals surface area contributed by atoms with Crippen LogP contribution in [0.3, 0.4) is 0 Å². The summed E-state index contributed by atoms with van der Waals surface area (Å²) in [4.78, 5) is 0. The molecule has 184 valence electrons. The molecule has 0 aliphatic rings. The van der Waals surface area contributed by atoms with E-state index in [1.54, 1.807) is 7.11 Å². The highest BCUT2D eigenvalue weighted by molar-refractivity contribution is 7.53. The molecule has 0 N–H and O–H groups in total. The van der Waals surface area contributed by atoms with Crippen molar-refractivity contribution in [1.82, 2.24) is 0 Å². The van der Waals surface area contributed by atoms with Gasteiger partial charge in [-0.2, -0.15) is 0 Å². The van der Waals surface area contributed by atoms with E-state index in [2.05, 4.69) is 39.8 Å². The summed E-state index contributed by atoms with van der Waals surface area (Å²) in [5.41, 5.74) is 6.00. The Balaban J connectivity index is 2.12. The molecule has 2 aromatic rings. The van der Waals surface area contributed by atoms with Gasteiger partial charge < -0.3 is 23.3 Å². The van der Waals surface area contributed by atoms with E-state index in [0.717, 1.165) is 29.0 Å². The van der Waals surface area contributed by atoms with Crippen molar-refractivity contribution < 1.29 is 27.8 Å². The van der Waals surface area contributed by atoms with Crippen LogP contribution in [0.5, 0.6) is 11.5 Å². The Hall–Kier alpha value is -1.85. The van der Waals surface area contributed by atoms with Crippen LogP contribution in [-0.2, 0) is 24.8 Å². The van der Waals surface area contributed by atoms with Crippen molar-refractivity contribution in [3.8, 4) is 11.5 Å². The van der Waals surface area contributed by atoms with Crippen molar-refractivity contribution >= 4 is 7.60 Å². The van der Waals surface area contributed by atoms with Gasteiger partial charge in [0.15, 0.2) is 6.79 Å². The third-order valence-electron chi connectivity index (χ3n) is 5.36. The molecular weight excluding hydrogens is 439 g/mol. The normalized spacial score (nSPS) is 11.8. The molecule has 7 heteroatoms. The average molecular weight is 479 g/mol. The van der Waals surface area contributed by atoms with Crippen LogP contribution in [0.1, 0.15) is 61.4 Å². The van der Waals surface area contributed by atoms with Crippen LogP contribution in [0, 0.1) is 13.8 Å². The minimum absolute atomic E-state index is 0.226. The van der Waals surface area contributed by atoms with Gasteiger partial charge in [0.1, 0.15) is 11.5 Å². The molecule has 0 unspecified atom stereocenters. The Bertz CT molecular complexity index is 907. The number of benzene rings is 2. The van der Waals surface area contributed by atoms with Crippen molar-refractivity contribution in [3.05, 3.63) is 58.1 Å². The summed E-state index contributed by atoms with van der Waals surface area (Å²) < 4.78 is 40.0. The molecule has 2 rings (SSSR count). The maximum Gasteiger partial charge on any atom is 0.334 e. The lowest BCUT2D eigenvalue weighted by Gasteiger charge is -2.18. The monoisotopic (exact) mass is 478 g/mol. The number of ether oxygens (including phenoxy) is 3. The molecule has 0 heterocycles. The molecule has 0 aromatic heterocycles. The van der Waals surface area contributed by atoms with E-state index in [0.29, 0.717) is 19.1 Å². The summed E-state index contributed by atoms with van der Waals surface area (Å²) in [5, 5.41) is 0. The van der Waals surface area contributed by atoms with Crippen molar-refractivity contribution in [1.29, 1.82) is 0 Å². The van der Waals surface area contributed by atoms with E-state index in [9.17, 15) is 4.57 Å². The van der Waals surface area contributed by atoms with Crippen LogP contribution < -0.4 is 9.47 Å². The highest BCUT2D eigenvalue weighted by Crippen LogP contribution is 2.47. The van der Waals surface area contributed by atoms with Crippen LogP contribution in [0.2, 0.25) is 0 Å². The molecule has 0 bridgehead atoms. The van der Waals surface area contributed by atoms with Crippen LogP contribution in [0.25, 0.3) is 0 Å². The van der Waals surface area contributed by atoms with Gasteiger partial charge >= 0.3 is 7.60 Å². The lowest BCUT2D eigenvalue weighted by atomic mass is 9.93. The second-order valence-electron chi connectivity index (χ2n) is 8.31. The molecule has 0 amide bonds. The smallest absolute Gasteiger partial charge is 0.334 e. The van der Waals surface area contributed by atoms with E-state index in [4.69, 9.17) is 23.3 Å². The van der Waals surface area contributed by atoms with E-state index in [1.807, 2.05) is 32.0 Å². The van der Waals surface area contributed by atoms with Crippen molar-refractivity contribution in [2.24, 2.45) is 0 Å². The first-order chi connectivity index (χ1) is 15.7. The molecule has 33 heavy (non-hydrogen) atoms. The average Bonchev–Trinajstić information content (AvgIpc) is 2.75. The zero-order valence-corrected chi connectivity index (χ0v) is 22.0. The SMILES string of the molecule is CCOP(=O)(CCOc1cc(C)c(Cc2ccc(OCOC)c(C(C)C)c2)c(C)c1)OCC. The summed E-state index contributed by atoms with van der Waals surface area (Å²) in [6, 6.07) is 10.4. The topological polar surface area (TPSA) is 63.2 Å². The number of rotatable bonds is 14. The standard InChI is InChI=1S/C26H39O6P/c1-8-31-33(27,32-9-2)13-12-29-23-14-20(5)25(21(6)15-23)17-22-10-11-26(30-18-28-7)24(16-22)19(3)4/h10-11,14-16,19H,8-9,12-13,17-18H2,1-7H3. The number of hydrogen-bond acceptors (Lipinski definition) is 6. The van der Waals surface area contributed by atoms with Crippen LogP contribution in [0.4, 0.5) is 0 Å². The van der Waals surface area contributed by atoms with Gasteiger partial charge in [-0.15, -0.1) is 0 Å². The molecule has 0 saturated carbocycles. The largest absolute Gasteiger partial charge is 0.493 e. The highest BCUT2D eigenvalue weighted by Gasteiger charge is 2.23. The van der Waals surface area contributed by atoms with E-state index >= 15 is 0 Å². The Labute approximate surface area is 199 Å². The minimum Gasteiger partial charge on any atom is -0.493 e. The lowest BCUT2D eigenvalue weighted by Crippen LogP contribution is -2.09. The first kappa shape index (κ1) is 27.4. The molecule has 0 spiro atoms. The summed E-state index contributed by atoms with van der Waals surface area (Å²) in [6.07, 6.45) is 1.05. The zero-order chi connectivity index (χ0) is 24.4. The highest BCUT2D eigenvalue weighted by atomic mass is 31.2. The van der Waals surface area contributed by atoms with Gasteiger partial charge in [-0.05, 0) is 86.1 Å². The first-order valence-electron chi connectivity index (χ1n) is 11.6. The maximum absolute atomic E-state index is 12.6. The molecule has 0 saturated heterocycles. The number of methoxy groups -OCH3 is 1. The van der Waals surface area contributed by atoms with Crippen molar-refractivity contribution in [3.63, 3.8) is 0 Å². The fourth-order valence-corrected chi connectivity index (χ4v) is 5.20. The second-order valence-corrected chi connectivity index (χ2v) is 10.5.